The topological polar surface area (TPSA) is 41.6 Å². The molecule has 1 aliphatic rings. The van der Waals surface area contributed by atoms with Gasteiger partial charge in [0.25, 0.3) is 0 Å². The van der Waals surface area contributed by atoms with Crippen LogP contribution < -0.4 is 0 Å². The maximum Gasteiger partial charge on any atom is 0.128 e. The van der Waals surface area contributed by atoms with Gasteiger partial charge in [0.2, 0.25) is 0 Å². The molecule has 1 heterocycles. The van der Waals surface area contributed by atoms with Gasteiger partial charge in [0, 0.05) is 7.05 Å². The fourth-order valence-corrected chi connectivity index (χ4v) is 2.29. The van der Waals surface area contributed by atoms with E-state index in [1.165, 1.54) is 0 Å². The van der Waals surface area contributed by atoms with E-state index in [-0.39, 0.29) is 5.41 Å². The number of aromatic nitrogens is 2. The highest BCUT2D eigenvalue weighted by atomic mass is 79.9. The third-order valence-corrected chi connectivity index (χ3v) is 3.15. The Kier molecular flexibility index (Phi) is 1.92. The zero-order chi connectivity index (χ0) is 9.47. The lowest BCUT2D eigenvalue weighted by Gasteiger charge is -2.34. The van der Waals surface area contributed by atoms with Crippen LogP contribution in [0.1, 0.15) is 25.0 Å². The molecule has 68 valence electrons. The quantitative estimate of drug-likeness (QED) is 0.754. The fourth-order valence-electron chi connectivity index (χ4n) is 1.84. The van der Waals surface area contributed by atoms with Crippen LogP contribution in [0.3, 0.4) is 0 Å². The second-order valence-corrected chi connectivity index (χ2v) is 4.34. The summed E-state index contributed by atoms with van der Waals surface area (Å²) < 4.78 is 2.61. The van der Waals surface area contributed by atoms with E-state index in [1.807, 2.05) is 13.1 Å². The third-order valence-electron chi connectivity index (χ3n) is 2.76. The highest BCUT2D eigenvalue weighted by molar-refractivity contribution is 9.10. The van der Waals surface area contributed by atoms with Crippen molar-refractivity contribution in [3.63, 3.8) is 0 Å². The monoisotopic (exact) mass is 239 g/mol. The van der Waals surface area contributed by atoms with Gasteiger partial charge in [0.05, 0.1) is 17.2 Å². The maximum absolute atomic E-state index is 9.12. The van der Waals surface area contributed by atoms with Crippen LogP contribution in [-0.2, 0) is 12.5 Å². The molecule has 3 nitrogen and oxygen atoms in total. The van der Waals surface area contributed by atoms with Crippen LogP contribution in [0.5, 0.6) is 0 Å². The van der Waals surface area contributed by atoms with Crippen LogP contribution in [0.4, 0.5) is 0 Å². The van der Waals surface area contributed by atoms with Gasteiger partial charge < -0.3 is 0 Å². The van der Waals surface area contributed by atoms with E-state index in [2.05, 4.69) is 27.1 Å². The lowest BCUT2D eigenvalue weighted by molar-refractivity contribution is 0.305. The third kappa shape index (κ3) is 1.19. The summed E-state index contributed by atoms with van der Waals surface area (Å²) in [7, 11) is 1.89. The van der Waals surface area contributed by atoms with Crippen LogP contribution >= 0.6 is 15.9 Å². The summed E-state index contributed by atoms with van der Waals surface area (Å²) >= 11 is 3.32. The van der Waals surface area contributed by atoms with Gasteiger partial charge in [-0.25, -0.2) is 0 Å². The summed E-state index contributed by atoms with van der Waals surface area (Å²) in [5, 5.41) is 13.3. The molecule has 0 spiro atoms. The molecule has 1 aromatic rings. The molecule has 1 aliphatic carbocycles. The predicted molar refractivity (Wildman–Crippen MR) is 52.1 cm³/mol. The summed E-state index contributed by atoms with van der Waals surface area (Å²) in [5.74, 6) is 0. The highest BCUT2D eigenvalue weighted by Gasteiger charge is 2.41. The predicted octanol–water partition coefficient (Wildman–Crippen LogP) is 2.13. The van der Waals surface area contributed by atoms with E-state index in [4.69, 9.17) is 5.26 Å². The van der Waals surface area contributed by atoms with Crippen molar-refractivity contribution in [2.45, 2.75) is 24.7 Å². The van der Waals surface area contributed by atoms with Crippen molar-refractivity contribution in [1.82, 2.24) is 9.78 Å². The van der Waals surface area contributed by atoms with Gasteiger partial charge in [-0.15, -0.1) is 0 Å². The molecule has 1 aromatic heterocycles. The molecule has 0 saturated heterocycles. The van der Waals surface area contributed by atoms with Crippen molar-refractivity contribution in [2.75, 3.05) is 0 Å². The molecule has 0 atom stereocenters. The Morgan fingerprint density at radius 2 is 2.38 bits per heavy atom. The van der Waals surface area contributed by atoms with Gasteiger partial charge in [0.1, 0.15) is 4.60 Å². The van der Waals surface area contributed by atoms with Crippen molar-refractivity contribution >= 4 is 15.9 Å². The molecule has 4 heteroatoms. The summed E-state index contributed by atoms with van der Waals surface area (Å²) in [6.07, 6.45) is 3.08. The molecule has 0 N–H and O–H groups in total. The first-order valence-electron chi connectivity index (χ1n) is 4.29. The van der Waals surface area contributed by atoms with Gasteiger partial charge in [-0.1, -0.05) is 0 Å². The average molecular weight is 240 g/mol. The SMILES string of the molecule is Cn1nc(Br)cc1C1(C#N)CCC1. The van der Waals surface area contributed by atoms with Crippen molar-refractivity contribution in [2.24, 2.45) is 7.05 Å². The Labute approximate surface area is 85.5 Å². The zero-order valence-corrected chi connectivity index (χ0v) is 9.00. The Morgan fingerprint density at radius 1 is 1.69 bits per heavy atom. The van der Waals surface area contributed by atoms with E-state index in [0.717, 1.165) is 29.6 Å². The van der Waals surface area contributed by atoms with Crippen molar-refractivity contribution in [3.05, 3.63) is 16.4 Å². The minimum atomic E-state index is -0.256. The van der Waals surface area contributed by atoms with Crippen LogP contribution in [0.2, 0.25) is 0 Å². The number of nitrogens with zero attached hydrogens (tertiary/aromatic N) is 3. The molecule has 0 radical (unpaired) electrons. The first-order valence-corrected chi connectivity index (χ1v) is 5.08. The molecule has 1 fully saturated rings. The largest absolute Gasteiger partial charge is 0.270 e. The Balaban J connectivity index is 2.45. The highest BCUT2D eigenvalue weighted by Crippen LogP contribution is 2.43. The van der Waals surface area contributed by atoms with E-state index in [9.17, 15) is 0 Å². The van der Waals surface area contributed by atoms with Crippen molar-refractivity contribution in [3.8, 4) is 6.07 Å². The molecule has 0 unspecified atom stereocenters. The van der Waals surface area contributed by atoms with Gasteiger partial charge in [-0.2, -0.15) is 10.4 Å². The summed E-state index contributed by atoms with van der Waals surface area (Å²) in [5.41, 5.74) is 0.779. The summed E-state index contributed by atoms with van der Waals surface area (Å²) in [6.45, 7) is 0. The van der Waals surface area contributed by atoms with Crippen LogP contribution in [0, 0.1) is 11.3 Å². The standard InChI is InChI=1S/C9H10BrN3/c1-13-7(5-8(10)12-13)9(6-11)3-2-4-9/h5H,2-4H2,1H3. The molecule has 0 bridgehead atoms. The number of rotatable bonds is 1. The number of hydrogen-bond acceptors (Lipinski definition) is 2. The number of halogens is 1. The smallest absolute Gasteiger partial charge is 0.128 e. The van der Waals surface area contributed by atoms with Gasteiger partial charge >= 0.3 is 0 Å². The molecule has 0 aromatic carbocycles. The molecule has 2 rings (SSSR count). The minimum absolute atomic E-state index is 0.256. The number of hydrogen-bond donors (Lipinski definition) is 0. The normalized spacial score (nSPS) is 19.2. The van der Waals surface area contributed by atoms with E-state index in [1.54, 1.807) is 4.68 Å². The maximum atomic E-state index is 9.12. The molecule has 13 heavy (non-hydrogen) atoms. The second-order valence-electron chi connectivity index (χ2n) is 3.52. The molecule has 0 aliphatic heterocycles. The molecule has 0 amide bonds. The van der Waals surface area contributed by atoms with E-state index >= 15 is 0 Å². The fraction of sp³-hybridized carbons (Fsp3) is 0.556. The zero-order valence-electron chi connectivity index (χ0n) is 7.42. The Morgan fingerprint density at radius 3 is 2.69 bits per heavy atom. The van der Waals surface area contributed by atoms with Crippen LogP contribution in [-0.4, -0.2) is 9.78 Å². The lowest BCUT2D eigenvalue weighted by atomic mass is 9.68. The van der Waals surface area contributed by atoms with Crippen molar-refractivity contribution < 1.29 is 0 Å². The van der Waals surface area contributed by atoms with Gasteiger partial charge in [0.15, 0.2) is 0 Å². The minimum Gasteiger partial charge on any atom is -0.270 e. The molecular weight excluding hydrogens is 230 g/mol. The number of aryl methyl sites for hydroxylation is 1. The first kappa shape index (κ1) is 8.76. The first-order chi connectivity index (χ1) is 6.18. The Bertz CT molecular complexity index is 371. The second kappa shape index (κ2) is 2.85. The molecule has 1 saturated carbocycles. The summed E-state index contributed by atoms with van der Waals surface area (Å²) in [6, 6.07) is 4.35. The molecular formula is C9H10BrN3. The summed E-state index contributed by atoms with van der Waals surface area (Å²) in [4.78, 5) is 0. The number of nitriles is 1. The average Bonchev–Trinajstić information content (AvgIpc) is 2.30. The van der Waals surface area contributed by atoms with E-state index in [0.29, 0.717) is 0 Å². The Hall–Kier alpha value is -0.820. The van der Waals surface area contributed by atoms with Gasteiger partial charge in [-0.05, 0) is 41.3 Å². The van der Waals surface area contributed by atoms with E-state index < -0.39 is 0 Å². The van der Waals surface area contributed by atoms with Crippen LogP contribution in [0.25, 0.3) is 0 Å². The van der Waals surface area contributed by atoms with Crippen LogP contribution in [0.15, 0.2) is 10.7 Å². The van der Waals surface area contributed by atoms with Crippen molar-refractivity contribution in [1.29, 1.82) is 5.26 Å². The lowest BCUT2D eigenvalue weighted by Crippen LogP contribution is -2.34. The van der Waals surface area contributed by atoms with Gasteiger partial charge in [-0.3, -0.25) is 4.68 Å².